The van der Waals surface area contributed by atoms with E-state index < -0.39 is 0 Å². The van der Waals surface area contributed by atoms with E-state index in [-0.39, 0.29) is 11.9 Å². The van der Waals surface area contributed by atoms with Crippen molar-refractivity contribution in [1.82, 2.24) is 9.80 Å². The predicted octanol–water partition coefficient (Wildman–Crippen LogP) is 0.660. The van der Waals surface area contributed by atoms with E-state index in [1.54, 1.807) is 11.2 Å². The van der Waals surface area contributed by atoms with Gasteiger partial charge in [-0.25, -0.2) is 0 Å². The fourth-order valence-electron chi connectivity index (χ4n) is 2.59. The summed E-state index contributed by atoms with van der Waals surface area (Å²) in [7, 11) is 1.85. The summed E-state index contributed by atoms with van der Waals surface area (Å²) in [6, 6.07) is 3.99. The second-order valence-corrected chi connectivity index (χ2v) is 4.91. The zero-order valence-electron chi connectivity index (χ0n) is 11.0. The van der Waals surface area contributed by atoms with Crippen LogP contribution in [0.15, 0.2) is 22.8 Å². The van der Waals surface area contributed by atoms with Crippen molar-refractivity contribution in [2.24, 2.45) is 5.73 Å². The van der Waals surface area contributed by atoms with Crippen molar-refractivity contribution in [2.45, 2.75) is 32.0 Å². The van der Waals surface area contributed by atoms with Crippen molar-refractivity contribution >= 4 is 5.91 Å². The van der Waals surface area contributed by atoms with Gasteiger partial charge in [-0.3, -0.25) is 9.69 Å². The predicted molar refractivity (Wildman–Crippen MR) is 68.8 cm³/mol. The van der Waals surface area contributed by atoms with Crippen LogP contribution in [-0.4, -0.2) is 47.9 Å². The van der Waals surface area contributed by atoms with Crippen LogP contribution < -0.4 is 5.73 Å². The minimum absolute atomic E-state index is 0.131. The van der Waals surface area contributed by atoms with Gasteiger partial charge in [0.15, 0.2) is 0 Å². The topological polar surface area (TPSA) is 62.7 Å². The highest BCUT2D eigenvalue weighted by Crippen LogP contribution is 2.21. The van der Waals surface area contributed by atoms with Gasteiger partial charge < -0.3 is 15.1 Å². The number of likely N-dealkylation sites (N-methyl/N-ethyl adjacent to an activating group) is 1. The van der Waals surface area contributed by atoms with Crippen LogP contribution in [0.1, 0.15) is 19.1 Å². The van der Waals surface area contributed by atoms with E-state index in [2.05, 4.69) is 11.8 Å². The zero-order chi connectivity index (χ0) is 13.1. The average Bonchev–Trinajstić information content (AvgIpc) is 2.83. The van der Waals surface area contributed by atoms with E-state index in [0.29, 0.717) is 25.6 Å². The normalized spacial score (nSPS) is 25.7. The average molecular weight is 251 g/mol. The number of piperazine rings is 1. The molecule has 0 radical (unpaired) electrons. The van der Waals surface area contributed by atoms with Gasteiger partial charge in [0.05, 0.1) is 18.8 Å². The van der Waals surface area contributed by atoms with Crippen molar-refractivity contribution in [3.8, 4) is 0 Å². The maximum atomic E-state index is 12.2. The lowest BCUT2D eigenvalue weighted by Gasteiger charge is -2.43. The molecule has 18 heavy (non-hydrogen) atoms. The summed E-state index contributed by atoms with van der Waals surface area (Å²) < 4.78 is 5.38. The van der Waals surface area contributed by atoms with E-state index in [1.807, 2.05) is 19.2 Å². The molecule has 5 nitrogen and oxygen atoms in total. The van der Waals surface area contributed by atoms with E-state index in [9.17, 15) is 4.79 Å². The van der Waals surface area contributed by atoms with Crippen LogP contribution in [0.3, 0.4) is 0 Å². The highest BCUT2D eigenvalue weighted by Gasteiger charge is 2.36. The molecule has 2 N–H and O–H groups in total. The molecule has 1 amide bonds. The summed E-state index contributed by atoms with van der Waals surface area (Å²) >= 11 is 0. The summed E-state index contributed by atoms with van der Waals surface area (Å²) in [4.78, 5) is 16.2. The second kappa shape index (κ2) is 5.54. The van der Waals surface area contributed by atoms with Crippen LogP contribution in [0.4, 0.5) is 0 Å². The SMILES string of the molecule is CC1CN(C)C(=O)C(CCN)N1Cc1ccco1. The van der Waals surface area contributed by atoms with Crippen molar-refractivity contribution in [3.05, 3.63) is 24.2 Å². The number of nitrogens with two attached hydrogens (primary N) is 1. The third-order valence-electron chi connectivity index (χ3n) is 3.52. The molecule has 1 fully saturated rings. The Bertz CT molecular complexity index is 391. The molecule has 100 valence electrons. The quantitative estimate of drug-likeness (QED) is 0.854. The molecule has 1 aromatic rings. The standard InChI is InChI=1S/C13H21N3O2/c1-10-8-15(2)13(17)12(5-6-14)16(10)9-11-4-3-7-18-11/h3-4,7,10,12H,5-6,8-9,14H2,1-2H3. The number of furan rings is 1. The lowest BCUT2D eigenvalue weighted by Crippen LogP contribution is -2.59. The highest BCUT2D eigenvalue weighted by molar-refractivity contribution is 5.82. The first-order valence-electron chi connectivity index (χ1n) is 6.36. The van der Waals surface area contributed by atoms with Gasteiger partial charge in [0.25, 0.3) is 0 Å². The minimum Gasteiger partial charge on any atom is -0.468 e. The maximum Gasteiger partial charge on any atom is 0.239 e. The van der Waals surface area contributed by atoms with E-state index in [1.165, 1.54) is 0 Å². The summed E-state index contributed by atoms with van der Waals surface area (Å²) in [6.45, 7) is 4.07. The van der Waals surface area contributed by atoms with Gasteiger partial charge in [0.2, 0.25) is 5.91 Å². The van der Waals surface area contributed by atoms with Crippen LogP contribution >= 0.6 is 0 Å². The number of nitrogens with zero attached hydrogens (tertiary/aromatic N) is 2. The van der Waals surface area contributed by atoms with Gasteiger partial charge in [0, 0.05) is 19.6 Å². The van der Waals surface area contributed by atoms with Gasteiger partial charge in [-0.2, -0.15) is 0 Å². The highest BCUT2D eigenvalue weighted by atomic mass is 16.3. The van der Waals surface area contributed by atoms with E-state index in [4.69, 9.17) is 10.2 Å². The fourth-order valence-corrected chi connectivity index (χ4v) is 2.59. The summed E-state index contributed by atoms with van der Waals surface area (Å²) in [5, 5.41) is 0. The molecular formula is C13H21N3O2. The lowest BCUT2D eigenvalue weighted by atomic mass is 10.0. The third kappa shape index (κ3) is 2.57. The molecule has 5 heteroatoms. The number of hydrogen-bond acceptors (Lipinski definition) is 4. The zero-order valence-corrected chi connectivity index (χ0v) is 11.0. The molecule has 2 heterocycles. The number of hydrogen-bond donors (Lipinski definition) is 1. The first-order chi connectivity index (χ1) is 8.63. The molecule has 2 rings (SSSR count). The summed E-state index contributed by atoms with van der Waals surface area (Å²) in [5.41, 5.74) is 5.63. The Kier molecular flexibility index (Phi) is 4.04. The molecule has 0 saturated carbocycles. The van der Waals surface area contributed by atoms with Crippen molar-refractivity contribution in [3.63, 3.8) is 0 Å². The molecule has 1 aliphatic heterocycles. The minimum atomic E-state index is -0.131. The summed E-state index contributed by atoms with van der Waals surface area (Å²) in [5.74, 6) is 1.05. The Morgan fingerprint density at radius 3 is 2.94 bits per heavy atom. The van der Waals surface area contributed by atoms with E-state index in [0.717, 1.165) is 12.3 Å². The number of rotatable bonds is 4. The molecule has 0 spiro atoms. The number of carbonyl (C=O) groups is 1. The summed E-state index contributed by atoms with van der Waals surface area (Å²) in [6.07, 6.45) is 2.35. The first-order valence-corrected chi connectivity index (χ1v) is 6.36. The van der Waals surface area contributed by atoms with Gasteiger partial charge in [-0.15, -0.1) is 0 Å². The Hall–Kier alpha value is -1.33. The Morgan fingerprint density at radius 2 is 2.33 bits per heavy atom. The maximum absolute atomic E-state index is 12.2. The third-order valence-corrected chi connectivity index (χ3v) is 3.52. The van der Waals surface area contributed by atoms with Gasteiger partial charge >= 0.3 is 0 Å². The van der Waals surface area contributed by atoms with Gasteiger partial charge in [0.1, 0.15) is 5.76 Å². The van der Waals surface area contributed by atoms with Gasteiger partial charge in [-0.05, 0) is 32.0 Å². The van der Waals surface area contributed by atoms with Crippen LogP contribution in [0.2, 0.25) is 0 Å². The number of amides is 1. The molecule has 2 atom stereocenters. The van der Waals surface area contributed by atoms with Crippen molar-refractivity contribution < 1.29 is 9.21 Å². The molecular weight excluding hydrogens is 230 g/mol. The fraction of sp³-hybridized carbons (Fsp3) is 0.615. The van der Waals surface area contributed by atoms with E-state index >= 15 is 0 Å². The molecule has 2 unspecified atom stereocenters. The smallest absolute Gasteiger partial charge is 0.239 e. The second-order valence-electron chi connectivity index (χ2n) is 4.91. The van der Waals surface area contributed by atoms with Crippen LogP contribution in [0.5, 0.6) is 0 Å². The largest absolute Gasteiger partial charge is 0.468 e. The van der Waals surface area contributed by atoms with Crippen LogP contribution in [-0.2, 0) is 11.3 Å². The molecule has 0 bridgehead atoms. The molecule has 1 saturated heterocycles. The lowest BCUT2D eigenvalue weighted by molar-refractivity contribution is -0.143. The van der Waals surface area contributed by atoms with Crippen LogP contribution in [0, 0.1) is 0 Å². The monoisotopic (exact) mass is 251 g/mol. The first kappa shape index (κ1) is 13.1. The molecule has 0 aliphatic carbocycles. The number of carbonyl (C=O) groups excluding carboxylic acids is 1. The Morgan fingerprint density at radius 1 is 1.56 bits per heavy atom. The van der Waals surface area contributed by atoms with Gasteiger partial charge in [-0.1, -0.05) is 0 Å². The molecule has 1 aromatic heterocycles. The molecule has 1 aliphatic rings. The van der Waals surface area contributed by atoms with Crippen molar-refractivity contribution in [1.29, 1.82) is 0 Å². The van der Waals surface area contributed by atoms with Crippen molar-refractivity contribution in [2.75, 3.05) is 20.1 Å². The van der Waals surface area contributed by atoms with Crippen LogP contribution in [0.25, 0.3) is 0 Å². The Balaban J connectivity index is 2.15. The Labute approximate surface area is 108 Å². The molecule has 0 aromatic carbocycles.